The number of benzene rings is 2. The number of aromatic nitrogens is 4. The molecule has 0 aliphatic carbocycles. The molecular weight excluding hydrogens is 402 g/mol. The number of aryl methyl sites for hydroxylation is 1. The predicted octanol–water partition coefficient (Wildman–Crippen LogP) is 1.89. The van der Waals surface area contributed by atoms with E-state index in [4.69, 9.17) is 5.10 Å². The van der Waals surface area contributed by atoms with Crippen molar-refractivity contribution in [3.8, 4) is 0 Å². The summed E-state index contributed by atoms with van der Waals surface area (Å²) in [7, 11) is 1.53. The number of rotatable bonds is 3. The number of H-pyrrole nitrogens is 1. The number of anilines is 2. The van der Waals surface area contributed by atoms with Gasteiger partial charge in [-0.05, 0) is 24.3 Å². The second-order valence-electron chi connectivity index (χ2n) is 6.99. The lowest BCUT2D eigenvalue weighted by Crippen LogP contribution is -2.31. The van der Waals surface area contributed by atoms with Gasteiger partial charge in [0.1, 0.15) is 0 Å². The highest BCUT2D eigenvalue weighted by Crippen LogP contribution is 2.31. The van der Waals surface area contributed by atoms with E-state index >= 15 is 0 Å². The number of hydrazone groups is 1. The molecule has 3 heterocycles. The lowest BCUT2D eigenvalue weighted by atomic mass is 10.1. The van der Waals surface area contributed by atoms with E-state index in [0.717, 1.165) is 0 Å². The minimum absolute atomic E-state index is 0.0275. The predicted molar refractivity (Wildman–Crippen MR) is 114 cm³/mol. The molecule has 0 saturated heterocycles. The molecule has 154 valence electrons. The highest BCUT2D eigenvalue weighted by molar-refractivity contribution is 6.03. The Morgan fingerprint density at radius 3 is 2.45 bits per heavy atom. The standard InChI is InChI=1S/C20H15N7O4/c1-24-17-16(18(28)22-20(24)29)25-11-15(12-7-9-14(10-8-12)27(30)31)23-26(19(25)21-17)13-5-3-2-4-6-13/h2-10H,11H2,1H3,(H,22,28,29). The highest BCUT2D eigenvalue weighted by Gasteiger charge is 2.28. The van der Waals surface area contributed by atoms with Gasteiger partial charge in [-0.25, -0.2) is 4.79 Å². The largest absolute Gasteiger partial charge is 0.329 e. The van der Waals surface area contributed by atoms with Gasteiger partial charge in [-0.1, -0.05) is 18.2 Å². The van der Waals surface area contributed by atoms with Crippen LogP contribution in [0.4, 0.5) is 17.3 Å². The van der Waals surface area contributed by atoms with Crippen LogP contribution in [-0.4, -0.2) is 29.7 Å². The maximum Gasteiger partial charge on any atom is 0.329 e. The van der Waals surface area contributed by atoms with Crippen molar-refractivity contribution in [3.63, 3.8) is 0 Å². The number of nitro benzene ring substituents is 1. The van der Waals surface area contributed by atoms with Gasteiger partial charge in [0.15, 0.2) is 11.2 Å². The molecule has 31 heavy (non-hydrogen) atoms. The average molecular weight is 417 g/mol. The smallest absolute Gasteiger partial charge is 0.296 e. The third-order valence-corrected chi connectivity index (χ3v) is 5.12. The molecule has 2 aromatic heterocycles. The Morgan fingerprint density at radius 1 is 1.06 bits per heavy atom. The van der Waals surface area contributed by atoms with Gasteiger partial charge in [0.05, 0.1) is 22.9 Å². The number of nitro groups is 1. The average Bonchev–Trinajstić information content (AvgIpc) is 3.18. The van der Waals surface area contributed by atoms with Crippen molar-refractivity contribution < 1.29 is 4.92 Å². The molecule has 0 atom stereocenters. The fraction of sp³-hybridized carbons (Fsp3) is 0.100. The Morgan fingerprint density at radius 2 is 1.77 bits per heavy atom. The van der Waals surface area contributed by atoms with E-state index in [1.54, 1.807) is 21.7 Å². The molecular formula is C20H15N7O4. The zero-order valence-electron chi connectivity index (χ0n) is 16.2. The SMILES string of the molecule is Cn1c(=O)[nH]c(=O)c2c1nc1n2CC(c2ccc([N+](=O)[O-])cc2)=NN1c1ccccc1. The minimum Gasteiger partial charge on any atom is -0.296 e. The lowest BCUT2D eigenvalue weighted by molar-refractivity contribution is -0.384. The van der Waals surface area contributed by atoms with Gasteiger partial charge in [-0.3, -0.25) is 29.0 Å². The number of para-hydroxylation sites is 1. The normalized spacial score (nSPS) is 13.2. The molecule has 0 spiro atoms. The first-order valence-corrected chi connectivity index (χ1v) is 9.31. The summed E-state index contributed by atoms with van der Waals surface area (Å²) in [5.74, 6) is 0.388. The summed E-state index contributed by atoms with van der Waals surface area (Å²) in [6, 6.07) is 15.3. The molecule has 1 N–H and O–H groups in total. The molecule has 11 nitrogen and oxygen atoms in total. The summed E-state index contributed by atoms with van der Waals surface area (Å²) in [5.41, 5.74) is 1.31. The summed E-state index contributed by atoms with van der Waals surface area (Å²) in [6.07, 6.45) is 0. The zero-order valence-corrected chi connectivity index (χ0v) is 16.2. The number of non-ortho nitro benzene ring substituents is 1. The summed E-state index contributed by atoms with van der Waals surface area (Å²) < 4.78 is 2.96. The third kappa shape index (κ3) is 2.90. The van der Waals surface area contributed by atoms with Crippen LogP contribution in [0.3, 0.4) is 0 Å². The molecule has 0 amide bonds. The zero-order chi connectivity index (χ0) is 21.7. The number of hydrogen-bond acceptors (Lipinski definition) is 7. The number of nitrogens with zero attached hydrogens (tertiary/aromatic N) is 6. The maximum absolute atomic E-state index is 12.6. The summed E-state index contributed by atoms with van der Waals surface area (Å²) in [5, 5.41) is 17.3. The second kappa shape index (κ2) is 6.76. The Kier molecular flexibility index (Phi) is 4.03. The first-order valence-electron chi connectivity index (χ1n) is 9.31. The van der Waals surface area contributed by atoms with Gasteiger partial charge in [0.2, 0.25) is 5.95 Å². The van der Waals surface area contributed by atoms with Gasteiger partial charge in [-0.15, -0.1) is 0 Å². The fourth-order valence-corrected chi connectivity index (χ4v) is 3.55. The Balaban J connectivity index is 1.74. The summed E-state index contributed by atoms with van der Waals surface area (Å²) in [4.78, 5) is 42.0. The molecule has 0 saturated carbocycles. The van der Waals surface area contributed by atoms with Crippen molar-refractivity contribution in [1.29, 1.82) is 0 Å². The molecule has 2 aromatic carbocycles. The Hall–Kier alpha value is -4.54. The van der Waals surface area contributed by atoms with E-state index < -0.39 is 16.2 Å². The summed E-state index contributed by atoms with van der Waals surface area (Å²) >= 11 is 0. The van der Waals surface area contributed by atoms with E-state index in [-0.39, 0.29) is 23.4 Å². The molecule has 0 fully saturated rings. The van der Waals surface area contributed by atoms with Crippen LogP contribution in [0.1, 0.15) is 5.56 Å². The quantitative estimate of drug-likeness (QED) is 0.400. The molecule has 5 rings (SSSR count). The Labute approximate surface area is 173 Å². The Bertz CT molecular complexity index is 1480. The van der Waals surface area contributed by atoms with Crippen molar-refractivity contribution in [3.05, 3.63) is 91.1 Å². The van der Waals surface area contributed by atoms with Gasteiger partial charge < -0.3 is 0 Å². The topological polar surface area (TPSA) is 131 Å². The first-order chi connectivity index (χ1) is 14.9. The van der Waals surface area contributed by atoms with E-state index in [2.05, 4.69) is 9.97 Å². The van der Waals surface area contributed by atoms with Gasteiger partial charge in [0.25, 0.3) is 11.2 Å². The highest BCUT2D eigenvalue weighted by atomic mass is 16.6. The van der Waals surface area contributed by atoms with Gasteiger partial charge >= 0.3 is 5.69 Å². The first kappa shape index (κ1) is 18.5. The van der Waals surface area contributed by atoms with E-state index in [9.17, 15) is 19.7 Å². The number of nitrogens with one attached hydrogen (secondary N) is 1. The van der Waals surface area contributed by atoms with Crippen LogP contribution >= 0.6 is 0 Å². The molecule has 0 unspecified atom stereocenters. The van der Waals surface area contributed by atoms with Crippen molar-refractivity contribution in [2.75, 3.05) is 5.01 Å². The monoisotopic (exact) mass is 417 g/mol. The number of hydrogen-bond donors (Lipinski definition) is 1. The number of aromatic amines is 1. The third-order valence-electron chi connectivity index (χ3n) is 5.12. The van der Waals surface area contributed by atoms with Crippen LogP contribution in [-0.2, 0) is 13.6 Å². The van der Waals surface area contributed by atoms with Crippen LogP contribution in [0.5, 0.6) is 0 Å². The van der Waals surface area contributed by atoms with E-state index in [1.807, 2.05) is 30.3 Å². The van der Waals surface area contributed by atoms with Crippen LogP contribution in [0.2, 0.25) is 0 Å². The molecule has 4 aromatic rings. The molecule has 1 aliphatic rings. The molecule has 11 heteroatoms. The van der Waals surface area contributed by atoms with Crippen molar-refractivity contribution in [2.45, 2.75) is 6.54 Å². The van der Waals surface area contributed by atoms with Crippen molar-refractivity contribution >= 4 is 34.2 Å². The number of fused-ring (bicyclic) bond motifs is 3. The minimum atomic E-state index is -0.560. The van der Waals surface area contributed by atoms with Crippen LogP contribution in [0.25, 0.3) is 11.2 Å². The van der Waals surface area contributed by atoms with Crippen LogP contribution < -0.4 is 16.3 Å². The maximum atomic E-state index is 12.6. The molecule has 0 bridgehead atoms. The summed E-state index contributed by atoms with van der Waals surface area (Å²) in [6.45, 7) is 0.203. The van der Waals surface area contributed by atoms with Crippen molar-refractivity contribution in [1.82, 2.24) is 19.1 Å². The van der Waals surface area contributed by atoms with Gasteiger partial charge in [-0.2, -0.15) is 15.1 Å². The van der Waals surface area contributed by atoms with E-state index in [1.165, 1.54) is 23.7 Å². The van der Waals surface area contributed by atoms with Crippen LogP contribution in [0, 0.1) is 10.1 Å². The fourth-order valence-electron chi connectivity index (χ4n) is 3.55. The lowest BCUT2D eigenvalue weighted by Gasteiger charge is -2.26. The second-order valence-corrected chi connectivity index (χ2v) is 6.99. The van der Waals surface area contributed by atoms with Gasteiger partial charge in [0, 0.05) is 24.7 Å². The molecule has 1 aliphatic heterocycles. The molecule has 0 radical (unpaired) electrons. The number of imidazole rings is 1. The van der Waals surface area contributed by atoms with E-state index in [0.29, 0.717) is 22.9 Å². The van der Waals surface area contributed by atoms with Crippen LogP contribution in [0.15, 0.2) is 69.3 Å². The van der Waals surface area contributed by atoms with Crippen molar-refractivity contribution in [2.24, 2.45) is 12.1 Å².